The summed E-state index contributed by atoms with van der Waals surface area (Å²) in [5, 5.41) is 24.8. The molecule has 1 aliphatic carbocycles. The summed E-state index contributed by atoms with van der Waals surface area (Å²) in [5.41, 5.74) is 1.92. The van der Waals surface area contributed by atoms with Gasteiger partial charge < -0.3 is 15.7 Å². The van der Waals surface area contributed by atoms with Crippen molar-refractivity contribution in [2.75, 3.05) is 11.9 Å². The largest absolute Gasteiger partial charge is 0.389 e. The first kappa shape index (κ1) is 23.0. The highest BCUT2D eigenvalue weighted by atomic mass is 16.3. The van der Waals surface area contributed by atoms with Crippen LogP contribution >= 0.6 is 0 Å². The third kappa shape index (κ3) is 4.90. The highest BCUT2D eigenvalue weighted by Crippen LogP contribution is 2.34. The second-order valence-corrected chi connectivity index (χ2v) is 9.96. The molecule has 0 aliphatic heterocycles. The average Bonchev–Trinajstić information content (AvgIpc) is 3.27. The Morgan fingerprint density at radius 3 is 2.66 bits per heavy atom. The van der Waals surface area contributed by atoms with Gasteiger partial charge in [0, 0.05) is 41.8 Å². The van der Waals surface area contributed by atoms with E-state index < -0.39 is 5.60 Å². The maximum atomic E-state index is 13.0. The highest BCUT2D eigenvalue weighted by molar-refractivity contribution is 5.93. The molecule has 1 fully saturated rings. The fourth-order valence-electron chi connectivity index (χ4n) is 4.79. The minimum absolute atomic E-state index is 0.0750. The first-order valence-electron chi connectivity index (χ1n) is 12.0. The van der Waals surface area contributed by atoms with Gasteiger partial charge >= 0.3 is 0 Å². The first-order valence-corrected chi connectivity index (χ1v) is 12.0. The van der Waals surface area contributed by atoms with Gasteiger partial charge in [-0.1, -0.05) is 18.2 Å². The number of nitrogens with one attached hydrogen (secondary N) is 3. The standard InChI is InChI=1S/C26H30N6O3/c1-26(2,35)15-28-18-11-12-32-21(14-27-22(32)13-18)25(34)29-17-9-7-16(8-10-17)23-19-5-3-4-6-20(19)24(33)31-30-23/h3-6,11-14,16-17,28,35H,7-10,15H2,1-2H3,(H,29,34)(H,31,33). The van der Waals surface area contributed by atoms with Gasteiger partial charge in [0.15, 0.2) is 0 Å². The first-order chi connectivity index (χ1) is 16.8. The highest BCUT2D eigenvalue weighted by Gasteiger charge is 2.27. The lowest BCUT2D eigenvalue weighted by Crippen LogP contribution is -2.38. The van der Waals surface area contributed by atoms with Gasteiger partial charge in [0.25, 0.3) is 11.5 Å². The van der Waals surface area contributed by atoms with Crippen LogP contribution in [0.1, 0.15) is 61.6 Å². The molecule has 0 bridgehead atoms. The van der Waals surface area contributed by atoms with Crippen molar-refractivity contribution < 1.29 is 9.90 Å². The number of H-pyrrole nitrogens is 1. The lowest BCUT2D eigenvalue weighted by atomic mass is 9.82. The number of rotatable bonds is 6. The van der Waals surface area contributed by atoms with Gasteiger partial charge in [0.05, 0.1) is 22.9 Å². The van der Waals surface area contributed by atoms with Crippen LogP contribution in [0, 0.1) is 0 Å². The van der Waals surface area contributed by atoms with E-state index in [2.05, 4.69) is 25.8 Å². The molecule has 3 aromatic heterocycles. The van der Waals surface area contributed by atoms with Crippen LogP contribution in [-0.4, -0.2) is 48.8 Å². The second kappa shape index (κ2) is 9.14. The fourth-order valence-corrected chi connectivity index (χ4v) is 4.79. The summed E-state index contributed by atoms with van der Waals surface area (Å²) >= 11 is 0. The van der Waals surface area contributed by atoms with Crippen LogP contribution in [0.15, 0.2) is 53.6 Å². The summed E-state index contributed by atoms with van der Waals surface area (Å²) in [6.45, 7) is 3.89. The Bertz CT molecular complexity index is 1430. The summed E-state index contributed by atoms with van der Waals surface area (Å²) in [5.74, 6) is 0.0984. The zero-order chi connectivity index (χ0) is 24.6. The number of nitrogens with zero attached hydrogens (tertiary/aromatic N) is 3. The maximum Gasteiger partial charge on any atom is 0.272 e. The zero-order valence-electron chi connectivity index (χ0n) is 19.9. The molecule has 182 valence electrons. The van der Waals surface area contributed by atoms with E-state index in [1.54, 1.807) is 24.4 Å². The topological polar surface area (TPSA) is 124 Å². The van der Waals surface area contributed by atoms with Crippen molar-refractivity contribution in [1.29, 1.82) is 0 Å². The zero-order valence-corrected chi connectivity index (χ0v) is 19.9. The summed E-state index contributed by atoms with van der Waals surface area (Å²) in [4.78, 5) is 29.5. The van der Waals surface area contributed by atoms with E-state index in [1.165, 1.54) is 0 Å². The van der Waals surface area contributed by atoms with Crippen molar-refractivity contribution in [1.82, 2.24) is 24.9 Å². The molecule has 1 amide bonds. The number of carbonyl (C=O) groups excluding carboxylic acids is 1. The van der Waals surface area contributed by atoms with Crippen molar-refractivity contribution >= 4 is 28.0 Å². The number of amides is 1. The molecule has 1 aromatic carbocycles. The smallest absolute Gasteiger partial charge is 0.272 e. The molecule has 9 heteroatoms. The Hall–Kier alpha value is -3.72. The Labute approximate surface area is 202 Å². The summed E-state index contributed by atoms with van der Waals surface area (Å²) in [6, 6.07) is 11.4. The van der Waals surface area contributed by atoms with E-state index in [0.29, 0.717) is 23.3 Å². The maximum absolute atomic E-state index is 13.0. The molecule has 35 heavy (non-hydrogen) atoms. The molecule has 0 unspecified atom stereocenters. The minimum Gasteiger partial charge on any atom is -0.389 e. The molecule has 1 aliphatic rings. The van der Waals surface area contributed by atoms with Crippen molar-refractivity contribution in [2.24, 2.45) is 0 Å². The lowest BCUT2D eigenvalue weighted by molar-refractivity contribution is 0.0918. The van der Waals surface area contributed by atoms with Gasteiger partial charge in [-0.2, -0.15) is 5.10 Å². The minimum atomic E-state index is -0.827. The number of imidazole rings is 1. The van der Waals surface area contributed by atoms with E-state index in [9.17, 15) is 14.7 Å². The third-order valence-corrected chi connectivity index (χ3v) is 6.65. The van der Waals surface area contributed by atoms with Gasteiger partial charge in [0.2, 0.25) is 0 Å². The van der Waals surface area contributed by atoms with Crippen molar-refractivity contribution in [3.8, 4) is 0 Å². The van der Waals surface area contributed by atoms with Gasteiger partial charge in [0.1, 0.15) is 11.3 Å². The third-order valence-electron chi connectivity index (χ3n) is 6.65. The molecule has 3 heterocycles. The van der Waals surface area contributed by atoms with E-state index in [4.69, 9.17) is 0 Å². The Kier molecular flexibility index (Phi) is 6.02. The average molecular weight is 475 g/mol. The molecular weight excluding hydrogens is 444 g/mol. The molecular formula is C26H30N6O3. The number of aliphatic hydroxyl groups is 1. The number of anilines is 1. The molecule has 4 N–H and O–H groups in total. The van der Waals surface area contributed by atoms with E-state index >= 15 is 0 Å². The summed E-state index contributed by atoms with van der Waals surface area (Å²) in [6.07, 6.45) is 6.86. The van der Waals surface area contributed by atoms with E-state index in [0.717, 1.165) is 42.5 Å². The summed E-state index contributed by atoms with van der Waals surface area (Å²) in [7, 11) is 0. The number of hydrogen-bond donors (Lipinski definition) is 4. The molecule has 1 saturated carbocycles. The quantitative estimate of drug-likeness (QED) is 0.340. The Morgan fingerprint density at radius 1 is 1.17 bits per heavy atom. The van der Waals surface area contributed by atoms with Gasteiger partial charge in [-0.3, -0.25) is 14.0 Å². The fraction of sp³-hybridized carbons (Fsp3) is 0.385. The van der Waals surface area contributed by atoms with E-state index in [-0.39, 0.29) is 23.4 Å². The molecule has 5 rings (SSSR count). The molecule has 9 nitrogen and oxygen atoms in total. The number of pyridine rings is 1. The number of fused-ring (bicyclic) bond motifs is 2. The summed E-state index contributed by atoms with van der Waals surface area (Å²) < 4.78 is 1.77. The predicted octanol–water partition coefficient (Wildman–Crippen LogP) is 3.21. The predicted molar refractivity (Wildman–Crippen MR) is 135 cm³/mol. The van der Waals surface area contributed by atoms with Crippen LogP contribution in [-0.2, 0) is 0 Å². The molecule has 0 saturated heterocycles. The van der Waals surface area contributed by atoms with Crippen molar-refractivity contribution in [3.63, 3.8) is 0 Å². The number of benzene rings is 1. The van der Waals surface area contributed by atoms with Gasteiger partial charge in [-0.15, -0.1) is 0 Å². The van der Waals surface area contributed by atoms with Crippen LogP contribution in [0.25, 0.3) is 16.4 Å². The Balaban J connectivity index is 1.23. The second-order valence-electron chi connectivity index (χ2n) is 9.96. The number of carbonyl (C=O) groups is 1. The number of hydrogen-bond acceptors (Lipinski definition) is 6. The van der Waals surface area contributed by atoms with Crippen LogP contribution in [0.4, 0.5) is 5.69 Å². The molecule has 4 aromatic rings. The normalized spacial score (nSPS) is 18.6. The number of aromatic amines is 1. The van der Waals surface area contributed by atoms with Gasteiger partial charge in [-0.25, -0.2) is 10.1 Å². The van der Waals surface area contributed by atoms with E-state index in [1.807, 2.05) is 42.6 Å². The Morgan fingerprint density at radius 2 is 1.91 bits per heavy atom. The molecule has 0 spiro atoms. The van der Waals surface area contributed by atoms with Crippen LogP contribution in [0.5, 0.6) is 0 Å². The van der Waals surface area contributed by atoms with Crippen LogP contribution in [0.3, 0.4) is 0 Å². The number of aromatic nitrogens is 4. The molecule has 0 radical (unpaired) electrons. The van der Waals surface area contributed by atoms with Crippen LogP contribution < -0.4 is 16.2 Å². The lowest BCUT2D eigenvalue weighted by Gasteiger charge is -2.29. The molecule has 0 atom stereocenters. The van der Waals surface area contributed by atoms with Crippen molar-refractivity contribution in [2.45, 2.75) is 57.1 Å². The van der Waals surface area contributed by atoms with Gasteiger partial charge in [-0.05, 0) is 51.7 Å². The SMILES string of the molecule is CC(C)(O)CNc1ccn2c(C(=O)NC3CCC(c4n[nH]c(=O)c5ccccc45)CC3)cnc2c1. The monoisotopic (exact) mass is 474 g/mol. The van der Waals surface area contributed by atoms with Crippen molar-refractivity contribution in [3.05, 3.63) is 70.5 Å². The van der Waals surface area contributed by atoms with Crippen LogP contribution in [0.2, 0.25) is 0 Å².